The van der Waals surface area contributed by atoms with E-state index in [1.807, 2.05) is 25.3 Å². The summed E-state index contributed by atoms with van der Waals surface area (Å²) in [5.41, 5.74) is 6.11. The van der Waals surface area contributed by atoms with Crippen molar-refractivity contribution in [1.29, 1.82) is 0 Å². The first-order chi connectivity index (χ1) is 11.5. The molecule has 1 aromatic heterocycles. The minimum absolute atomic E-state index is 0.0366. The molecule has 1 heterocycles. The fraction of sp³-hybridized carbons (Fsp3) is 0.381. The Morgan fingerprint density at radius 2 is 1.96 bits per heavy atom. The van der Waals surface area contributed by atoms with Gasteiger partial charge in [-0.05, 0) is 62.4 Å². The minimum atomic E-state index is 0.0366. The van der Waals surface area contributed by atoms with E-state index in [-0.39, 0.29) is 5.91 Å². The lowest BCUT2D eigenvalue weighted by Crippen LogP contribution is -2.24. The van der Waals surface area contributed by atoms with Crippen LogP contribution >= 0.6 is 0 Å². The molecule has 1 fully saturated rings. The average Bonchev–Trinajstić information content (AvgIpc) is 3.33. The van der Waals surface area contributed by atoms with Gasteiger partial charge in [0.2, 0.25) is 5.91 Å². The Kier molecular flexibility index (Phi) is 4.61. The molecule has 0 aliphatic heterocycles. The van der Waals surface area contributed by atoms with E-state index in [1.165, 1.54) is 35.4 Å². The fourth-order valence-electron chi connectivity index (χ4n) is 3.28. The summed E-state index contributed by atoms with van der Waals surface area (Å²) < 4.78 is 2.40. The standard InChI is InChI=1S/C21H26N2O/c1-15-7-5-6-8-19(15)14-22(4)21(24)12-9-18-13-16(2)23(17(18)3)20-10-11-20/h5-9,12-13,20H,10-11,14H2,1-4H3/b12-9+. The Morgan fingerprint density at radius 1 is 1.25 bits per heavy atom. The monoisotopic (exact) mass is 322 g/mol. The molecule has 0 atom stereocenters. The molecule has 1 saturated carbocycles. The van der Waals surface area contributed by atoms with E-state index >= 15 is 0 Å². The van der Waals surface area contributed by atoms with Gasteiger partial charge >= 0.3 is 0 Å². The summed E-state index contributed by atoms with van der Waals surface area (Å²) in [4.78, 5) is 14.2. The van der Waals surface area contributed by atoms with Gasteiger partial charge in [0.05, 0.1) is 0 Å². The smallest absolute Gasteiger partial charge is 0.246 e. The summed E-state index contributed by atoms with van der Waals surface area (Å²) in [5.74, 6) is 0.0366. The molecule has 0 unspecified atom stereocenters. The van der Waals surface area contributed by atoms with Gasteiger partial charge < -0.3 is 9.47 Å². The first-order valence-corrected chi connectivity index (χ1v) is 8.63. The topological polar surface area (TPSA) is 25.2 Å². The molecule has 1 amide bonds. The zero-order valence-corrected chi connectivity index (χ0v) is 15.0. The summed E-state index contributed by atoms with van der Waals surface area (Å²) in [6, 6.07) is 11.0. The van der Waals surface area contributed by atoms with Crippen molar-refractivity contribution >= 4 is 12.0 Å². The number of hydrogen-bond acceptors (Lipinski definition) is 1. The van der Waals surface area contributed by atoms with Crippen LogP contribution in [0.15, 0.2) is 36.4 Å². The molecule has 1 aliphatic rings. The number of aromatic nitrogens is 1. The highest BCUT2D eigenvalue weighted by Crippen LogP contribution is 2.38. The van der Waals surface area contributed by atoms with Crippen molar-refractivity contribution in [3.63, 3.8) is 0 Å². The van der Waals surface area contributed by atoms with Crippen LogP contribution in [0.4, 0.5) is 0 Å². The van der Waals surface area contributed by atoms with E-state index in [0.29, 0.717) is 12.6 Å². The molecule has 1 aliphatic carbocycles. The molecule has 126 valence electrons. The summed E-state index contributed by atoms with van der Waals surface area (Å²) in [7, 11) is 1.85. The van der Waals surface area contributed by atoms with Crippen molar-refractivity contribution in [2.24, 2.45) is 0 Å². The summed E-state index contributed by atoms with van der Waals surface area (Å²) in [6.07, 6.45) is 6.20. The van der Waals surface area contributed by atoms with Crippen LogP contribution in [0, 0.1) is 20.8 Å². The van der Waals surface area contributed by atoms with Crippen LogP contribution in [0.3, 0.4) is 0 Å². The second-order valence-corrected chi connectivity index (χ2v) is 6.88. The van der Waals surface area contributed by atoms with Gasteiger partial charge in [-0.25, -0.2) is 0 Å². The number of amides is 1. The Morgan fingerprint density at radius 3 is 2.62 bits per heavy atom. The molecule has 3 rings (SSSR count). The van der Waals surface area contributed by atoms with Crippen molar-refractivity contribution < 1.29 is 4.79 Å². The number of carbonyl (C=O) groups excluding carboxylic acids is 1. The van der Waals surface area contributed by atoms with E-state index in [0.717, 1.165) is 5.56 Å². The van der Waals surface area contributed by atoms with E-state index in [9.17, 15) is 4.79 Å². The van der Waals surface area contributed by atoms with Crippen LogP contribution in [0.1, 0.15) is 47.0 Å². The highest BCUT2D eigenvalue weighted by Gasteiger charge is 2.26. The number of benzene rings is 1. The second kappa shape index (κ2) is 6.68. The first kappa shape index (κ1) is 16.6. The molecule has 0 N–H and O–H groups in total. The van der Waals surface area contributed by atoms with Gasteiger partial charge in [-0.2, -0.15) is 0 Å². The predicted octanol–water partition coefficient (Wildman–Crippen LogP) is 4.42. The van der Waals surface area contributed by atoms with Crippen LogP contribution in [-0.2, 0) is 11.3 Å². The number of nitrogens with zero attached hydrogens (tertiary/aromatic N) is 2. The van der Waals surface area contributed by atoms with Crippen molar-refractivity contribution in [1.82, 2.24) is 9.47 Å². The molecule has 1 aromatic carbocycles. The van der Waals surface area contributed by atoms with Crippen LogP contribution in [0.5, 0.6) is 0 Å². The largest absolute Gasteiger partial charge is 0.346 e. The second-order valence-electron chi connectivity index (χ2n) is 6.88. The lowest BCUT2D eigenvalue weighted by Gasteiger charge is -2.16. The van der Waals surface area contributed by atoms with Gasteiger partial charge in [-0.3, -0.25) is 4.79 Å². The number of aryl methyl sites for hydroxylation is 2. The van der Waals surface area contributed by atoms with Crippen LogP contribution < -0.4 is 0 Å². The molecule has 3 nitrogen and oxygen atoms in total. The molecule has 0 saturated heterocycles. The average molecular weight is 322 g/mol. The Labute approximate surface area is 144 Å². The SMILES string of the molecule is Cc1ccccc1CN(C)C(=O)/C=C/c1cc(C)n(C2CC2)c1C. The van der Waals surface area contributed by atoms with E-state index in [1.54, 1.807) is 11.0 Å². The van der Waals surface area contributed by atoms with Gasteiger partial charge in [-0.1, -0.05) is 24.3 Å². The summed E-state index contributed by atoms with van der Waals surface area (Å²) in [5, 5.41) is 0. The minimum Gasteiger partial charge on any atom is -0.346 e. The van der Waals surface area contributed by atoms with Crippen molar-refractivity contribution in [3.8, 4) is 0 Å². The zero-order valence-electron chi connectivity index (χ0n) is 15.0. The fourth-order valence-corrected chi connectivity index (χ4v) is 3.28. The molecule has 0 radical (unpaired) electrons. The number of hydrogen-bond donors (Lipinski definition) is 0. The normalized spacial score (nSPS) is 14.3. The third kappa shape index (κ3) is 3.45. The maximum Gasteiger partial charge on any atom is 0.246 e. The van der Waals surface area contributed by atoms with Crippen LogP contribution in [0.2, 0.25) is 0 Å². The van der Waals surface area contributed by atoms with E-state index < -0.39 is 0 Å². The quantitative estimate of drug-likeness (QED) is 0.748. The third-order valence-corrected chi connectivity index (χ3v) is 4.89. The summed E-state index contributed by atoms with van der Waals surface area (Å²) in [6.45, 7) is 7.01. The van der Waals surface area contributed by atoms with Gasteiger partial charge in [0, 0.05) is 37.1 Å². The van der Waals surface area contributed by atoms with Crippen LogP contribution in [-0.4, -0.2) is 22.4 Å². The summed E-state index contributed by atoms with van der Waals surface area (Å²) >= 11 is 0. The zero-order chi connectivity index (χ0) is 17.3. The van der Waals surface area contributed by atoms with Crippen molar-refractivity contribution in [2.45, 2.75) is 46.2 Å². The van der Waals surface area contributed by atoms with Crippen molar-refractivity contribution in [3.05, 3.63) is 64.5 Å². The van der Waals surface area contributed by atoms with Gasteiger partial charge in [0.15, 0.2) is 0 Å². The first-order valence-electron chi connectivity index (χ1n) is 8.63. The Hall–Kier alpha value is -2.29. The predicted molar refractivity (Wildman–Crippen MR) is 98.9 cm³/mol. The molecule has 2 aromatic rings. The Bertz CT molecular complexity index is 781. The molecular weight excluding hydrogens is 296 g/mol. The van der Waals surface area contributed by atoms with Gasteiger partial charge in [0.25, 0.3) is 0 Å². The number of carbonyl (C=O) groups is 1. The van der Waals surface area contributed by atoms with Crippen LogP contribution in [0.25, 0.3) is 6.08 Å². The Balaban J connectivity index is 1.69. The molecule has 0 spiro atoms. The highest BCUT2D eigenvalue weighted by molar-refractivity contribution is 5.91. The van der Waals surface area contributed by atoms with Gasteiger partial charge in [0.1, 0.15) is 0 Å². The van der Waals surface area contributed by atoms with E-state index in [2.05, 4.69) is 43.5 Å². The third-order valence-electron chi connectivity index (χ3n) is 4.89. The number of rotatable bonds is 5. The lowest BCUT2D eigenvalue weighted by atomic mass is 10.1. The molecule has 3 heteroatoms. The number of likely N-dealkylation sites (N-methyl/N-ethyl adjacent to an activating group) is 1. The molecule has 24 heavy (non-hydrogen) atoms. The molecule has 0 bridgehead atoms. The van der Waals surface area contributed by atoms with E-state index in [4.69, 9.17) is 0 Å². The highest BCUT2D eigenvalue weighted by atomic mass is 16.2. The maximum absolute atomic E-state index is 12.4. The van der Waals surface area contributed by atoms with Crippen molar-refractivity contribution in [2.75, 3.05) is 7.05 Å². The maximum atomic E-state index is 12.4. The van der Waals surface area contributed by atoms with Gasteiger partial charge in [-0.15, -0.1) is 0 Å². The molecular formula is C21H26N2O. The lowest BCUT2D eigenvalue weighted by molar-refractivity contribution is -0.125.